The number of carbonyl (C=O) groups is 1. The van der Waals surface area contributed by atoms with Crippen LogP contribution in [0.1, 0.15) is 42.4 Å². The highest BCUT2D eigenvalue weighted by Gasteiger charge is 2.15. The van der Waals surface area contributed by atoms with Gasteiger partial charge in [0, 0.05) is 22.2 Å². The molecule has 102 valence electrons. The van der Waals surface area contributed by atoms with Crippen molar-refractivity contribution in [1.29, 1.82) is 0 Å². The van der Waals surface area contributed by atoms with Gasteiger partial charge in [-0.25, -0.2) is 5.48 Å². The third-order valence-corrected chi connectivity index (χ3v) is 3.02. The fraction of sp³-hybridized carbons (Fsp3) is 0.400. The standard InChI is InChI=1S/C15H20N2O2/c1-9-10(2)16-13-7-6-11(8-12(9)13)14(18)17-19-15(3,4)5/h6-8,16H,1-5H3,(H,17,18). The Bertz CT molecular complexity index is 621. The van der Waals surface area contributed by atoms with E-state index in [1.54, 1.807) is 6.07 Å². The zero-order valence-electron chi connectivity index (χ0n) is 12.0. The first-order valence-corrected chi connectivity index (χ1v) is 6.35. The molecule has 0 aliphatic rings. The van der Waals surface area contributed by atoms with Crippen molar-refractivity contribution >= 4 is 16.8 Å². The molecule has 0 spiro atoms. The molecule has 0 aliphatic heterocycles. The van der Waals surface area contributed by atoms with Crippen LogP contribution in [0.25, 0.3) is 10.9 Å². The van der Waals surface area contributed by atoms with Crippen LogP contribution >= 0.6 is 0 Å². The summed E-state index contributed by atoms with van der Waals surface area (Å²) in [5.74, 6) is -0.227. The lowest BCUT2D eigenvalue weighted by Gasteiger charge is -2.18. The SMILES string of the molecule is Cc1[nH]c2ccc(C(=O)NOC(C)(C)C)cc2c1C. The molecule has 2 N–H and O–H groups in total. The van der Waals surface area contributed by atoms with Gasteiger partial charge < -0.3 is 4.98 Å². The molecule has 2 rings (SSSR count). The zero-order valence-corrected chi connectivity index (χ0v) is 12.0. The minimum Gasteiger partial charge on any atom is -0.358 e. The largest absolute Gasteiger partial charge is 0.358 e. The Morgan fingerprint density at radius 2 is 1.95 bits per heavy atom. The minimum absolute atomic E-state index is 0.227. The van der Waals surface area contributed by atoms with Crippen molar-refractivity contribution in [2.24, 2.45) is 0 Å². The second kappa shape index (κ2) is 4.70. The lowest BCUT2D eigenvalue weighted by atomic mass is 10.1. The lowest BCUT2D eigenvalue weighted by Crippen LogP contribution is -2.33. The number of aromatic amines is 1. The van der Waals surface area contributed by atoms with E-state index in [-0.39, 0.29) is 5.91 Å². The highest BCUT2D eigenvalue weighted by Crippen LogP contribution is 2.22. The van der Waals surface area contributed by atoms with Gasteiger partial charge in [-0.1, -0.05) is 0 Å². The first kappa shape index (κ1) is 13.6. The van der Waals surface area contributed by atoms with E-state index in [0.29, 0.717) is 5.56 Å². The molecule has 1 aromatic heterocycles. The number of nitrogens with one attached hydrogen (secondary N) is 2. The summed E-state index contributed by atoms with van der Waals surface area (Å²) >= 11 is 0. The van der Waals surface area contributed by atoms with Crippen molar-refractivity contribution in [2.75, 3.05) is 0 Å². The van der Waals surface area contributed by atoms with Crippen LogP contribution in [0.4, 0.5) is 0 Å². The summed E-state index contributed by atoms with van der Waals surface area (Å²) < 4.78 is 0. The van der Waals surface area contributed by atoms with E-state index in [0.717, 1.165) is 16.6 Å². The van der Waals surface area contributed by atoms with E-state index < -0.39 is 5.60 Å². The van der Waals surface area contributed by atoms with Crippen LogP contribution in [0.15, 0.2) is 18.2 Å². The smallest absolute Gasteiger partial charge is 0.274 e. The van der Waals surface area contributed by atoms with Crippen molar-refractivity contribution < 1.29 is 9.63 Å². The summed E-state index contributed by atoms with van der Waals surface area (Å²) in [5.41, 5.74) is 6.01. The number of aryl methyl sites for hydroxylation is 2. The molecule has 19 heavy (non-hydrogen) atoms. The van der Waals surface area contributed by atoms with Crippen molar-refractivity contribution in [3.63, 3.8) is 0 Å². The first-order chi connectivity index (χ1) is 8.78. The van der Waals surface area contributed by atoms with Gasteiger partial charge in [-0.2, -0.15) is 0 Å². The summed E-state index contributed by atoms with van der Waals surface area (Å²) in [6.07, 6.45) is 0. The number of benzene rings is 1. The van der Waals surface area contributed by atoms with Crippen LogP contribution < -0.4 is 5.48 Å². The first-order valence-electron chi connectivity index (χ1n) is 6.35. The third kappa shape index (κ3) is 2.96. The van der Waals surface area contributed by atoms with Gasteiger partial charge in [-0.15, -0.1) is 0 Å². The highest BCUT2D eigenvalue weighted by atomic mass is 16.7. The predicted molar refractivity (Wildman–Crippen MR) is 76.1 cm³/mol. The number of fused-ring (bicyclic) bond motifs is 1. The molecular weight excluding hydrogens is 240 g/mol. The van der Waals surface area contributed by atoms with Gasteiger partial charge in [0.1, 0.15) is 0 Å². The molecule has 1 amide bonds. The molecule has 0 radical (unpaired) electrons. The number of carbonyl (C=O) groups excluding carboxylic acids is 1. The Labute approximate surface area is 113 Å². The maximum absolute atomic E-state index is 12.0. The monoisotopic (exact) mass is 260 g/mol. The number of hydroxylamine groups is 1. The Morgan fingerprint density at radius 1 is 1.26 bits per heavy atom. The second-order valence-electron chi connectivity index (χ2n) is 5.78. The Balaban J connectivity index is 2.25. The number of hydrogen-bond donors (Lipinski definition) is 2. The fourth-order valence-corrected chi connectivity index (χ4v) is 1.86. The molecule has 0 saturated carbocycles. The van der Waals surface area contributed by atoms with E-state index in [2.05, 4.69) is 10.5 Å². The van der Waals surface area contributed by atoms with E-state index in [9.17, 15) is 4.79 Å². The Hall–Kier alpha value is -1.81. The average Bonchev–Trinajstić information content (AvgIpc) is 2.61. The third-order valence-electron chi connectivity index (χ3n) is 3.02. The molecule has 2 aromatic rings. The van der Waals surface area contributed by atoms with Gasteiger partial charge in [-0.3, -0.25) is 9.63 Å². The van der Waals surface area contributed by atoms with Gasteiger partial charge in [0.25, 0.3) is 5.91 Å². The highest BCUT2D eigenvalue weighted by molar-refractivity contribution is 5.98. The van der Waals surface area contributed by atoms with Gasteiger partial charge in [0.2, 0.25) is 0 Å². The maximum atomic E-state index is 12.0. The number of amides is 1. The number of aromatic nitrogens is 1. The van der Waals surface area contributed by atoms with Crippen molar-refractivity contribution in [1.82, 2.24) is 10.5 Å². The van der Waals surface area contributed by atoms with Crippen LogP contribution in [-0.2, 0) is 4.84 Å². The average molecular weight is 260 g/mol. The van der Waals surface area contributed by atoms with Crippen molar-refractivity contribution in [2.45, 2.75) is 40.2 Å². The molecule has 4 nitrogen and oxygen atoms in total. The summed E-state index contributed by atoms with van der Waals surface area (Å²) in [6, 6.07) is 5.59. The summed E-state index contributed by atoms with van der Waals surface area (Å²) in [7, 11) is 0. The van der Waals surface area contributed by atoms with E-state index >= 15 is 0 Å². The second-order valence-corrected chi connectivity index (χ2v) is 5.78. The van der Waals surface area contributed by atoms with Gasteiger partial charge in [-0.05, 0) is 58.4 Å². The topological polar surface area (TPSA) is 54.1 Å². The van der Waals surface area contributed by atoms with Gasteiger partial charge >= 0.3 is 0 Å². The molecular formula is C15H20N2O2. The summed E-state index contributed by atoms with van der Waals surface area (Å²) in [6.45, 7) is 9.72. The summed E-state index contributed by atoms with van der Waals surface area (Å²) in [5, 5.41) is 1.07. The Morgan fingerprint density at radius 3 is 2.58 bits per heavy atom. The maximum Gasteiger partial charge on any atom is 0.274 e. The predicted octanol–water partition coefficient (Wildman–Crippen LogP) is 3.24. The van der Waals surface area contributed by atoms with Crippen LogP contribution in [0.5, 0.6) is 0 Å². The lowest BCUT2D eigenvalue weighted by molar-refractivity contribution is -0.0589. The zero-order chi connectivity index (χ0) is 14.2. The molecule has 0 saturated heterocycles. The number of rotatable bonds is 2. The van der Waals surface area contributed by atoms with Crippen molar-refractivity contribution in [3.8, 4) is 0 Å². The molecule has 1 heterocycles. The van der Waals surface area contributed by atoms with Crippen LogP contribution in [0.2, 0.25) is 0 Å². The van der Waals surface area contributed by atoms with Crippen LogP contribution in [0, 0.1) is 13.8 Å². The molecule has 0 aliphatic carbocycles. The minimum atomic E-state index is -0.402. The van der Waals surface area contributed by atoms with E-state index in [4.69, 9.17) is 4.84 Å². The molecule has 0 atom stereocenters. The van der Waals surface area contributed by atoms with Gasteiger partial charge in [0.05, 0.1) is 5.60 Å². The van der Waals surface area contributed by atoms with Crippen LogP contribution in [-0.4, -0.2) is 16.5 Å². The normalized spacial score (nSPS) is 11.8. The van der Waals surface area contributed by atoms with E-state index in [1.807, 2.05) is 46.8 Å². The quantitative estimate of drug-likeness (QED) is 0.814. The molecule has 0 fully saturated rings. The number of hydrogen-bond acceptors (Lipinski definition) is 2. The van der Waals surface area contributed by atoms with Crippen molar-refractivity contribution in [3.05, 3.63) is 35.0 Å². The summed E-state index contributed by atoms with van der Waals surface area (Å²) in [4.78, 5) is 20.6. The Kier molecular flexibility index (Phi) is 3.37. The van der Waals surface area contributed by atoms with Crippen LogP contribution in [0.3, 0.4) is 0 Å². The molecule has 0 unspecified atom stereocenters. The molecule has 1 aromatic carbocycles. The molecule has 0 bridgehead atoms. The number of H-pyrrole nitrogens is 1. The fourth-order valence-electron chi connectivity index (χ4n) is 1.86. The van der Waals surface area contributed by atoms with E-state index in [1.165, 1.54) is 5.56 Å². The van der Waals surface area contributed by atoms with Gasteiger partial charge in [0.15, 0.2) is 0 Å². The molecule has 4 heteroatoms.